The molecule has 2 aromatic rings. The van der Waals surface area contributed by atoms with Crippen LogP contribution in [0.15, 0.2) is 47.6 Å². The van der Waals surface area contributed by atoms with E-state index in [1.807, 2.05) is 19.9 Å². The van der Waals surface area contributed by atoms with Gasteiger partial charge >= 0.3 is 6.09 Å². The standard InChI is InChI=1S/C32H45N7O8/c1-3-45-18-19-46-20-21-47-32(43)34-16-17-39(23-25-11-10-24(2)28(22-25)36-38-33)31(42)26-12-14-27(15-13-26)35-29(40)8-6-4-5-7-9-30(41)37-44/h10-15,22,44H,3-9,16-21,23H2,1-2H3,(H,34,43)(H,35,40)(H,37,41). The van der Waals surface area contributed by atoms with E-state index < -0.39 is 12.0 Å². The van der Waals surface area contributed by atoms with Crippen LogP contribution in [0.3, 0.4) is 0 Å². The van der Waals surface area contributed by atoms with E-state index >= 15 is 0 Å². The summed E-state index contributed by atoms with van der Waals surface area (Å²) in [5.74, 6) is -0.892. The van der Waals surface area contributed by atoms with Gasteiger partial charge in [0, 0.05) is 60.9 Å². The van der Waals surface area contributed by atoms with Crippen molar-refractivity contribution < 1.29 is 38.6 Å². The van der Waals surface area contributed by atoms with Crippen LogP contribution in [0.1, 0.15) is 66.9 Å². The molecule has 2 aromatic carbocycles. The fourth-order valence-electron chi connectivity index (χ4n) is 4.37. The summed E-state index contributed by atoms with van der Waals surface area (Å²) in [7, 11) is 0. The Bertz CT molecular complexity index is 1330. The molecule has 0 atom stereocenters. The molecule has 2 rings (SSSR count). The van der Waals surface area contributed by atoms with Crippen molar-refractivity contribution in [2.45, 2.75) is 58.9 Å². The maximum absolute atomic E-state index is 13.6. The maximum Gasteiger partial charge on any atom is 0.407 e. The van der Waals surface area contributed by atoms with Gasteiger partial charge in [-0.05, 0) is 73.7 Å². The summed E-state index contributed by atoms with van der Waals surface area (Å²) in [5, 5.41) is 17.7. The molecule has 0 unspecified atom stereocenters. The van der Waals surface area contributed by atoms with Crippen molar-refractivity contribution in [2.75, 3.05) is 51.4 Å². The lowest BCUT2D eigenvalue weighted by atomic mass is 10.1. The number of unbranched alkanes of at least 4 members (excludes halogenated alkanes) is 3. The lowest BCUT2D eigenvalue weighted by Gasteiger charge is -2.24. The Morgan fingerprint density at radius 1 is 0.915 bits per heavy atom. The van der Waals surface area contributed by atoms with E-state index in [9.17, 15) is 19.2 Å². The highest BCUT2D eigenvalue weighted by Crippen LogP contribution is 2.22. The van der Waals surface area contributed by atoms with E-state index in [0.717, 1.165) is 24.0 Å². The summed E-state index contributed by atoms with van der Waals surface area (Å²) >= 11 is 0. The number of hydrogen-bond acceptors (Lipinski definition) is 9. The number of nitrogens with zero attached hydrogens (tertiary/aromatic N) is 4. The quantitative estimate of drug-likeness (QED) is 0.0333. The Kier molecular flexibility index (Phi) is 18.6. The third-order valence-corrected chi connectivity index (χ3v) is 6.87. The molecule has 15 heteroatoms. The number of rotatable bonds is 22. The molecule has 0 spiro atoms. The number of nitrogens with one attached hydrogen (secondary N) is 3. The van der Waals surface area contributed by atoms with Crippen LogP contribution in [-0.4, -0.2) is 80.0 Å². The van der Waals surface area contributed by atoms with Crippen molar-refractivity contribution in [3.63, 3.8) is 0 Å². The lowest BCUT2D eigenvalue weighted by Crippen LogP contribution is -2.38. The van der Waals surface area contributed by atoms with E-state index in [4.69, 9.17) is 24.9 Å². The highest BCUT2D eigenvalue weighted by Gasteiger charge is 2.18. The molecule has 0 saturated carbocycles. The van der Waals surface area contributed by atoms with Crippen LogP contribution in [0.5, 0.6) is 0 Å². The molecular formula is C32H45N7O8. The Labute approximate surface area is 274 Å². The molecule has 256 valence electrons. The van der Waals surface area contributed by atoms with Gasteiger partial charge in [0.05, 0.1) is 19.8 Å². The predicted octanol–water partition coefficient (Wildman–Crippen LogP) is 5.14. The van der Waals surface area contributed by atoms with E-state index in [1.165, 1.54) is 0 Å². The normalized spacial score (nSPS) is 10.4. The van der Waals surface area contributed by atoms with Crippen LogP contribution in [0.4, 0.5) is 16.2 Å². The third-order valence-electron chi connectivity index (χ3n) is 6.87. The molecule has 0 aromatic heterocycles. The van der Waals surface area contributed by atoms with Gasteiger partial charge in [-0.25, -0.2) is 10.3 Å². The van der Waals surface area contributed by atoms with Gasteiger partial charge in [0.25, 0.3) is 5.91 Å². The number of ether oxygens (including phenoxy) is 3. The number of carbonyl (C=O) groups excluding carboxylic acids is 4. The molecule has 15 nitrogen and oxygen atoms in total. The highest BCUT2D eigenvalue weighted by molar-refractivity contribution is 5.96. The first-order chi connectivity index (χ1) is 22.8. The number of benzene rings is 2. The van der Waals surface area contributed by atoms with Gasteiger partial charge in [0.2, 0.25) is 11.8 Å². The van der Waals surface area contributed by atoms with Crippen molar-refractivity contribution in [1.82, 2.24) is 15.7 Å². The molecule has 0 saturated heterocycles. The second kappa shape index (κ2) is 22.8. The average molecular weight is 656 g/mol. The summed E-state index contributed by atoms with van der Waals surface area (Å²) in [4.78, 5) is 53.6. The molecule has 0 aliphatic rings. The summed E-state index contributed by atoms with van der Waals surface area (Å²) in [6.45, 7) is 5.94. The maximum atomic E-state index is 13.6. The zero-order valence-electron chi connectivity index (χ0n) is 27.0. The van der Waals surface area contributed by atoms with Crippen molar-refractivity contribution in [3.8, 4) is 0 Å². The minimum absolute atomic E-state index is 0.0700. The minimum Gasteiger partial charge on any atom is -0.447 e. The molecule has 0 heterocycles. The van der Waals surface area contributed by atoms with Gasteiger partial charge < -0.3 is 29.7 Å². The number of hydrogen-bond donors (Lipinski definition) is 4. The van der Waals surface area contributed by atoms with E-state index in [2.05, 4.69) is 20.7 Å². The minimum atomic E-state index is -0.638. The second-order valence-electron chi connectivity index (χ2n) is 10.5. The number of hydroxylamine groups is 1. The van der Waals surface area contributed by atoms with Crippen LogP contribution >= 0.6 is 0 Å². The van der Waals surface area contributed by atoms with Gasteiger partial charge in [0.15, 0.2) is 0 Å². The first kappa shape index (κ1) is 38.5. The van der Waals surface area contributed by atoms with Crippen LogP contribution in [0.25, 0.3) is 10.4 Å². The molecule has 0 aliphatic heterocycles. The van der Waals surface area contributed by atoms with Crippen molar-refractivity contribution >= 4 is 35.2 Å². The Morgan fingerprint density at radius 2 is 1.60 bits per heavy atom. The van der Waals surface area contributed by atoms with E-state index in [-0.39, 0.29) is 51.1 Å². The molecule has 4 N–H and O–H groups in total. The summed E-state index contributed by atoms with van der Waals surface area (Å²) in [6, 6.07) is 11.9. The van der Waals surface area contributed by atoms with Crippen LogP contribution in [0, 0.1) is 6.92 Å². The highest BCUT2D eigenvalue weighted by atomic mass is 16.6. The van der Waals surface area contributed by atoms with Crippen LogP contribution in [0.2, 0.25) is 0 Å². The topological polar surface area (TPSA) is 204 Å². The Hall–Kier alpha value is -4.69. The zero-order valence-corrected chi connectivity index (χ0v) is 27.0. The molecule has 0 fully saturated rings. The third kappa shape index (κ3) is 15.9. The summed E-state index contributed by atoms with van der Waals surface area (Å²) < 4.78 is 15.6. The number of aryl methyl sites for hydroxylation is 1. The van der Waals surface area contributed by atoms with Crippen molar-refractivity contribution in [2.24, 2.45) is 5.11 Å². The Morgan fingerprint density at radius 3 is 2.28 bits per heavy atom. The largest absolute Gasteiger partial charge is 0.447 e. The molecule has 0 bridgehead atoms. The molecule has 4 amide bonds. The summed E-state index contributed by atoms with van der Waals surface area (Å²) in [5.41, 5.74) is 13.4. The lowest BCUT2D eigenvalue weighted by molar-refractivity contribution is -0.129. The first-order valence-electron chi connectivity index (χ1n) is 15.6. The van der Waals surface area contributed by atoms with Crippen LogP contribution in [-0.2, 0) is 30.3 Å². The Balaban J connectivity index is 1.95. The van der Waals surface area contributed by atoms with Gasteiger partial charge in [0.1, 0.15) is 6.61 Å². The monoisotopic (exact) mass is 655 g/mol. The van der Waals surface area contributed by atoms with Gasteiger partial charge in [-0.15, -0.1) is 0 Å². The van der Waals surface area contributed by atoms with Crippen molar-refractivity contribution in [1.29, 1.82) is 0 Å². The smallest absolute Gasteiger partial charge is 0.407 e. The zero-order chi connectivity index (χ0) is 34.3. The SMILES string of the molecule is CCOCCOCCOC(=O)NCCN(Cc1ccc(C)c(N=[N+]=[N-])c1)C(=O)c1ccc(NC(=O)CCCCCCC(=O)NO)cc1. The average Bonchev–Trinajstić information content (AvgIpc) is 3.06. The summed E-state index contributed by atoms with van der Waals surface area (Å²) in [6.07, 6.45) is 2.74. The fourth-order valence-corrected chi connectivity index (χ4v) is 4.37. The number of carbonyl (C=O) groups is 4. The fraction of sp³-hybridized carbons (Fsp3) is 0.500. The molecule has 47 heavy (non-hydrogen) atoms. The number of alkyl carbamates (subject to hydrolysis) is 1. The second-order valence-corrected chi connectivity index (χ2v) is 10.5. The first-order valence-corrected chi connectivity index (χ1v) is 15.6. The van der Waals surface area contributed by atoms with Gasteiger partial charge in [-0.3, -0.25) is 19.6 Å². The molecular weight excluding hydrogens is 610 g/mol. The molecule has 0 radical (unpaired) electrons. The van der Waals surface area contributed by atoms with E-state index in [0.29, 0.717) is 56.0 Å². The van der Waals surface area contributed by atoms with Crippen LogP contribution < -0.4 is 16.1 Å². The number of anilines is 1. The van der Waals surface area contributed by atoms with E-state index in [1.54, 1.807) is 46.8 Å². The number of azide groups is 1. The number of amides is 4. The van der Waals surface area contributed by atoms with Crippen molar-refractivity contribution in [3.05, 3.63) is 69.6 Å². The predicted molar refractivity (Wildman–Crippen MR) is 174 cm³/mol. The van der Waals surface area contributed by atoms with Gasteiger partial charge in [-0.2, -0.15) is 0 Å². The molecule has 0 aliphatic carbocycles. The van der Waals surface area contributed by atoms with Gasteiger partial charge in [-0.1, -0.05) is 30.1 Å².